The molecule has 0 radical (unpaired) electrons. The summed E-state index contributed by atoms with van der Waals surface area (Å²) < 4.78 is 14.0. The Hall–Kier alpha value is -6.86. The standard InChI is InChI=1S/C56H66Cl2N10O8/c1-35-30-60-50(69)29-45(26-38-11-16-43(57)17-12-38)65(4)56(74)47(34-75-5)61-53(71)36(2)68(51(70)27-42(54(72)64(35)3)25-37-9-7-6-8-10-37)32-41-13-18-44(58)28-48(41)76-46-19-14-39(15-20-46)52-63-62-49-33-66(23-24-67(49)52)55(73)40-21-22-59-31-40/h6-20,28,35-36,40,42,45,47,59H,21-27,29-34H2,1-5H3,(H,60,69)(H,61,71)/t35-,36-,40+,42+,45-,47-/m0/s1. The van der Waals surface area contributed by atoms with Crippen molar-refractivity contribution in [3.63, 3.8) is 0 Å². The molecule has 0 bridgehead atoms. The van der Waals surface area contributed by atoms with E-state index < -0.39 is 47.8 Å². The zero-order valence-corrected chi connectivity index (χ0v) is 45.1. The van der Waals surface area contributed by atoms with Crippen molar-refractivity contribution >= 4 is 58.6 Å². The Bertz CT molecular complexity index is 2860. The summed E-state index contributed by atoms with van der Waals surface area (Å²) in [5.74, 6) is -0.939. The SMILES string of the molecule is COC[C@@H]1NC(=O)[C@H](C)N(Cc2ccc(Cl)cc2Oc2ccc(-c3nnc4n3CCN(C(=O)[C@@H]3CCNC3)C4)cc2)C(=O)C[C@@H](Cc2ccccc2)C(=O)N(C)[C@@H](C)CNC(=O)C[C@H](Cc2ccc(Cl)cc2)N(C)C1=O. The van der Waals surface area contributed by atoms with E-state index >= 15 is 4.79 Å². The largest absolute Gasteiger partial charge is 0.457 e. The number of halogens is 2. The van der Waals surface area contributed by atoms with Gasteiger partial charge >= 0.3 is 0 Å². The molecule has 76 heavy (non-hydrogen) atoms. The van der Waals surface area contributed by atoms with E-state index in [1.807, 2.05) is 71.0 Å². The van der Waals surface area contributed by atoms with E-state index in [1.165, 1.54) is 16.9 Å². The summed E-state index contributed by atoms with van der Waals surface area (Å²) in [7, 11) is 4.64. The van der Waals surface area contributed by atoms with Crippen molar-refractivity contribution in [1.29, 1.82) is 0 Å². The van der Waals surface area contributed by atoms with E-state index in [0.29, 0.717) is 64.9 Å². The number of fused-ring (bicyclic) bond motifs is 1. The number of carbonyl (C=O) groups is 6. The van der Waals surface area contributed by atoms with Crippen molar-refractivity contribution in [2.24, 2.45) is 11.8 Å². The molecule has 0 unspecified atom stereocenters. The van der Waals surface area contributed by atoms with Gasteiger partial charge in [0.15, 0.2) is 11.6 Å². The Labute approximate surface area is 453 Å². The third kappa shape index (κ3) is 13.6. The Morgan fingerprint density at radius 3 is 2.22 bits per heavy atom. The topological polar surface area (TPSA) is 201 Å². The Kier molecular flexibility index (Phi) is 18.4. The lowest BCUT2D eigenvalue weighted by Crippen LogP contribution is -2.57. The highest BCUT2D eigenvalue weighted by Gasteiger charge is 2.37. The van der Waals surface area contributed by atoms with E-state index in [0.717, 1.165) is 29.7 Å². The van der Waals surface area contributed by atoms with Crippen LogP contribution >= 0.6 is 23.2 Å². The lowest BCUT2D eigenvalue weighted by Gasteiger charge is -2.35. The van der Waals surface area contributed by atoms with Crippen molar-refractivity contribution < 1.29 is 38.2 Å². The highest BCUT2D eigenvalue weighted by Crippen LogP contribution is 2.33. The maximum Gasteiger partial charge on any atom is 0.247 e. The molecule has 3 aliphatic heterocycles. The molecule has 3 N–H and O–H groups in total. The maximum absolute atomic E-state index is 15.1. The van der Waals surface area contributed by atoms with Crippen LogP contribution in [0.15, 0.2) is 97.1 Å². The average Bonchev–Trinajstić information content (AvgIpc) is 4.13. The number of carbonyl (C=O) groups excluding carboxylic acids is 6. The normalized spacial score (nSPS) is 22.4. The first-order valence-electron chi connectivity index (χ1n) is 25.7. The van der Waals surface area contributed by atoms with Gasteiger partial charge in [-0.3, -0.25) is 28.8 Å². The molecule has 0 aliphatic carbocycles. The van der Waals surface area contributed by atoms with Gasteiger partial charge in [-0.05, 0) is 99.3 Å². The second-order valence-electron chi connectivity index (χ2n) is 20.0. The predicted octanol–water partition coefficient (Wildman–Crippen LogP) is 5.53. The molecule has 0 spiro atoms. The number of amides is 6. The van der Waals surface area contributed by atoms with Crippen LogP contribution in [0.4, 0.5) is 0 Å². The molecule has 18 nitrogen and oxygen atoms in total. The molecule has 3 aliphatic rings. The minimum Gasteiger partial charge on any atom is -0.457 e. The lowest BCUT2D eigenvalue weighted by molar-refractivity contribution is -0.147. The number of likely N-dealkylation sites (N-methyl/N-ethyl adjacent to an activating group) is 2. The highest BCUT2D eigenvalue weighted by molar-refractivity contribution is 6.31. The number of nitrogens with one attached hydrogen (secondary N) is 3. The molecule has 6 atom stereocenters. The fourth-order valence-electron chi connectivity index (χ4n) is 9.96. The molecule has 2 saturated heterocycles. The van der Waals surface area contributed by atoms with Crippen LogP contribution < -0.4 is 20.7 Å². The van der Waals surface area contributed by atoms with Crippen molar-refractivity contribution in [1.82, 2.24) is 50.3 Å². The number of rotatable bonds is 12. The molecule has 20 heteroatoms. The molecular formula is C56H66Cl2N10O8. The number of methoxy groups -OCH3 is 1. The van der Waals surface area contributed by atoms with Gasteiger partial charge in [-0.2, -0.15) is 0 Å². The van der Waals surface area contributed by atoms with E-state index in [-0.39, 0.29) is 69.0 Å². The summed E-state index contributed by atoms with van der Waals surface area (Å²) in [6.07, 6.45) is 0.963. The summed E-state index contributed by atoms with van der Waals surface area (Å²) in [6.45, 7) is 6.16. The first-order valence-corrected chi connectivity index (χ1v) is 26.5. The summed E-state index contributed by atoms with van der Waals surface area (Å²) in [4.78, 5) is 92.0. The number of benzene rings is 4. The number of nitrogens with zero attached hydrogens (tertiary/aromatic N) is 7. The van der Waals surface area contributed by atoms with Crippen LogP contribution in [-0.2, 0) is 66.0 Å². The van der Waals surface area contributed by atoms with Crippen molar-refractivity contribution in [2.45, 2.75) is 89.8 Å². The van der Waals surface area contributed by atoms with Gasteiger partial charge in [0.25, 0.3) is 0 Å². The summed E-state index contributed by atoms with van der Waals surface area (Å²) in [6, 6.07) is 25.3. The number of hydrogen-bond acceptors (Lipinski definition) is 11. The van der Waals surface area contributed by atoms with E-state index in [2.05, 4.69) is 26.1 Å². The predicted molar refractivity (Wildman–Crippen MR) is 287 cm³/mol. The number of ether oxygens (including phenoxy) is 2. The smallest absolute Gasteiger partial charge is 0.247 e. The third-order valence-corrected chi connectivity index (χ3v) is 15.2. The molecule has 1 aromatic heterocycles. The molecule has 0 saturated carbocycles. The first-order chi connectivity index (χ1) is 36.6. The van der Waals surface area contributed by atoms with Crippen molar-refractivity contribution in [3.05, 3.63) is 130 Å². The zero-order chi connectivity index (χ0) is 54.0. The summed E-state index contributed by atoms with van der Waals surface area (Å²) >= 11 is 12.8. The van der Waals surface area contributed by atoms with Gasteiger partial charge in [-0.1, -0.05) is 71.7 Å². The zero-order valence-electron chi connectivity index (χ0n) is 43.5. The van der Waals surface area contributed by atoms with Gasteiger partial charge in [0.05, 0.1) is 31.5 Å². The number of aromatic nitrogens is 3. The minimum absolute atomic E-state index is 0.0205. The van der Waals surface area contributed by atoms with E-state index in [9.17, 15) is 24.0 Å². The quantitative estimate of drug-likeness (QED) is 0.142. The van der Waals surface area contributed by atoms with Crippen LogP contribution in [-0.4, -0.2) is 148 Å². The fourth-order valence-corrected chi connectivity index (χ4v) is 10.3. The Morgan fingerprint density at radius 1 is 0.789 bits per heavy atom. The van der Waals surface area contributed by atoms with Crippen LogP contribution in [0, 0.1) is 11.8 Å². The minimum atomic E-state index is -1.21. The maximum atomic E-state index is 15.1. The highest BCUT2D eigenvalue weighted by atomic mass is 35.5. The van der Waals surface area contributed by atoms with Crippen LogP contribution in [0.25, 0.3) is 11.4 Å². The molecule has 8 rings (SSSR count). The molecule has 4 aromatic carbocycles. The molecule has 2 fully saturated rings. The second-order valence-corrected chi connectivity index (χ2v) is 20.8. The molecule has 4 heterocycles. The summed E-state index contributed by atoms with van der Waals surface area (Å²) in [5, 5.41) is 18.9. The Balaban J connectivity index is 1.08. The van der Waals surface area contributed by atoms with Crippen LogP contribution in [0.5, 0.6) is 11.5 Å². The van der Waals surface area contributed by atoms with Gasteiger partial charge in [-0.25, -0.2) is 0 Å². The summed E-state index contributed by atoms with van der Waals surface area (Å²) in [5.41, 5.74) is 2.96. The molecule has 402 valence electrons. The van der Waals surface area contributed by atoms with Gasteiger partial charge in [-0.15, -0.1) is 10.2 Å². The van der Waals surface area contributed by atoms with Crippen LogP contribution in [0.3, 0.4) is 0 Å². The van der Waals surface area contributed by atoms with E-state index in [4.69, 9.17) is 32.7 Å². The first kappa shape index (κ1) is 55.4. The number of hydrogen-bond donors (Lipinski definition) is 3. The molecule has 5 aromatic rings. The van der Waals surface area contributed by atoms with Crippen molar-refractivity contribution in [3.8, 4) is 22.9 Å². The average molecular weight is 1080 g/mol. The van der Waals surface area contributed by atoms with Crippen LogP contribution in [0.1, 0.15) is 55.6 Å². The second kappa shape index (κ2) is 25.3. The molecular weight excluding hydrogens is 1010 g/mol. The van der Waals surface area contributed by atoms with Crippen LogP contribution in [0.2, 0.25) is 10.0 Å². The van der Waals surface area contributed by atoms with Gasteiger partial charge in [0.2, 0.25) is 35.4 Å². The van der Waals surface area contributed by atoms with Gasteiger partial charge < -0.3 is 49.6 Å². The van der Waals surface area contributed by atoms with Crippen molar-refractivity contribution in [2.75, 3.05) is 54.0 Å². The molecule has 6 amide bonds. The van der Waals surface area contributed by atoms with Gasteiger partial charge in [0, 0.05) is 93.5 Å². The van der Waals surface area contributed by atoms with Gasteiger partial charge in [0.1, 0.15) is 23.6 Å². The fraction of sp³-hybridized carbons (Fsp3) is 0.429. The van der Waals surface area contributed by atoms with E-state index in [1.54, 1.807) is 68.4 Å². The lowest BCUT2D eigenvalue weighted by atomic mass is 9.93. The third-order valence-electron chi connectivity index (χ3n) is 14.7. The monoisotopic (exact) mass is 1080 g/mol. The Morgan fingerprint density at radius 2 is 1.51 bits per heavy atom.